The summed E-state index contributed by atoms with van der Waals surface area (Å²) in [4.78, 5) is 4.17. The number of fused-ring (bicyclic) bond motifs is 1. The van der Waals surface area contributed by atoms with Crippen molar-refractivity contribution in [1.82, 2.24) is 4.98 Å². The molecule has 2 rings (SSSR count). The second kappa shape index (κ2) is 4.16. The second-order valence-electron chi connectivity index (χ2n) is 2.89. The van der Waals surface area contributed by atoms with Gasteiger partial charge >= 0.3 is 0 Å². The molecule has 1 aromatic carbocycles. The van der Waals surface area contributed by atoms with Crippen LogP contribution < -0.4 is 4.74 Å². The van der Waals surface area contributed by atoms with Gasteiger partial charge in [0, 0.05) is 6.20 Å². The first-order valence-corrected chi connectivity index (χ1v) is 5.66. The zero-order valence-corrected chi connectivity index (χ0v) is 10.8. The fraction of sp³-hybridized carbons (Fsp3) is 0.100. The molecule has 0 saturated carbocycles. The molecule has 0 saturated heterocycles. The van der Waals surface area contributed by atoms with Crippen molar-refractivity contribution in [2.24, 2.45) is 0 Å². The standard InChI is InChI=1S/C10H6BrCl2NO/c1-15-10-5(11)4-7(13)9-8(10)6(12)2-3-14-9/h2-4H,1H3. The van der Waals surface area contributed by atoms with Gasteiger partial charge in [-0.15, -0.1) is 0 Å². The van der Waals surface area contributed by atoms with E-state index in [9.17, 15) is 0 Å². The molecule has 0 aliphatic carbocycles. The first kappa shape index (κ1) is 11.0. The average molecular weight is 307 g/mol. The lowest BCUT2D eigenvalue weighted by molar-refractivity contribution is 0.417. The number of pyridine rings is 1. The Morgan fingerprint density at radius 2 is 2.07 bits per heavy atom. The van der Waals surface area contributed by atoms with Crippen molar-refractivity contribution in [2.75, 3.05) is 7.11 Å². The van der Waals surface area contributed by atoms with E-state index in [4.69, 9.17) is 27.9 Å². The maximum absolute atomic E-state index is 6.09. The number of hydrogen-bond acceptors (Lipinski definition) is 2. The first-order valence-electron chi connectivity index (χ1n) is 4.11. The third-order valence-electron chi connectivity index (χ3n) is 2.03. The molecule has 2 nitrogen and oxygen atoms in total. The lowest BCUT2D eigenvalue weighted by Gasteiger charge is -2.09. The summed E-state index contributed by atoms with van der Waals surface area (Å²) < 4.78 is 6.03. The monoisotopic (exact) mass is 305 g/mol. The predicted octanol–water partition coefficient (Wildman–Crippen LogP) is 4.31. The van der Waals surface area contributed by atoms with Gasteiger partial charge in [0.05, 0.1) is 32.5 Å². The molecule has 0 bridgehead atoms. The number of rotatable bonds is 1. The average Bonchev–Trinajstić information content (AvgIpc) is 2.20. The van der Waals surface area contributed by atoms with Crippen LogP contribution in [0, 0.1) is 0 Å². The van der Waals surface area contributed by atoms with Crippen LogP contribution in [0.15, 0.2) is 22.8 Å². The number of ether oxygens (including phenoxy) is 1. The molecule has 0 unspecified atom stereocenters. The number of hydrogen-bond donors (Lipinski definition) is 0. The van der Waals surface area contributed by atoms with Crippen LogP contribution in [0.4, 0.5) is 0 Å². The highest BCUT2D eigenvalue weighted by atomic mass is 79.9. The Balaban J connectivity index is 2.98. The van der Waals surface area contributed by atoms with Crippen LogP contribution >= 0.6 is 39.1 Å². The summed E-state index contributed by atoms with van der Waals surface area (Å²) in [6, 6.07) is 3.45. The molecule has 0 amide bonds. The smallest absolute Gasteiger partial charge is 0.144 e. The largest absolute Gasteiger partial charge is 0.495 e. The van der Waals surface area contributed by atoms with Crippen molar-refractivity contribution >= 4 is 50.0 Å². The van der Waals surface area contributed by atoms with Gasteiger partial charge in [-0.2, -0.15) is 0 Å². The van der Waals surface area contributed by atoms with Crippen molar-refractivity contribution < 1.29 is 4.74 Å². The lowest BCUT2D eigenvalue weighted by atomic mass is 10.2. The van der Waals surface area contributed by atoms with E-state index in [0.29, 0.717) is 21.3 Å². The van der Waals surface area contributed by atoms with Crippen LogP contribution in [0.1, 0.15) is 0 Å². The number of benzene rings is 1. The fourth-order valence-corrected chi connectivity index (χ4v) is 2.60. The Morgan fingerprint density at radius 1 is 1.33 bits per heavy atom. The van der Waals surface area contributed by atoms with Crippen molar-refractivity contribution in [2.45, 2.75) is 0 Å². The molecule has 5 heteroatoms. The minimum Gasteiger partial charge on any atom is -0.495 e. The van der Waals surface area contributed by atoms with Gasteiger partial charge in [0.2, 0.25) is 0 Å². The summed E-state index contributed by atoms with van der Waals surface area (Å²) in [5.74, 6) is 0.646. The van der Waals surface area contributed by atoms with Gasteiger partial charge in [-0.25, -0.2) is 0 Å². The topological polar surface area (TPSA) is 22.1 Å². The summed E-state index contributed by atoms with van der Waals surface area (Å²) in [5.41, 5.74) is 0.643. The molecule has 78 valence electrons. The molecule has 1 aromatic heterocycles. The van der Waals surface area contributed by atoms with Gasteiger partial charge in [0.15, 0.2) is 0 Å². The van der Waals surface area contributed by atoms with Gasteiger partial charge in [0.25, 0.3) is 0 Å². The molecular formula is C10H6BrCl2NO. The zero-order chi connectivity index (χ0) is 11.0. The van der Waals surface area contributed by atoms with Crippen molar-refractivity contribution in [1.29, 1.82) is 0 Å². The molecule has 0 aliphatic rings. The maximum atomic E-state index is 6.09. The molecule has 0 atom stereocenters. The van der Waals surface area contributed by atoms with Crippen LogP contribution in [0.5, 0.6) is 5.75 Å². The molecule has 1 heterocycles. The molecule has 0 fully saturated rings. The van der Waals surface area contributed by atoms with E-state index in [-0.39, 0.29) is 0 Å². The SMILES string of the molecule is COc1c(Br)cc(Cl)c2nccc(Cl)c12. The Labute approximate surface area is 105 Å². The van der Waals surface area contributed by atoms with Crippen molar-refractivity contribution in [3.8, 4) is 5.75 Å². The predicted molar refractivity (Wildman–Crippen MR) is 66.0 cm³/mol. The summed E-state index contributed by atoms with van der Waals surface area (Å²) in [6.07, 6.45) is 1.61. The number of methoxy groups -OCH3 is 1. The minimum atomic E-state index is 0.542. The molecule has 0 radical (unpaired) electrons. The Morgan fingerprint density at radius 3 is 2.73 bits per heavy atom. The number of aromatic nitrogens is 1. The van der Waals surface area contributed by atoms with E-state index >= 15 is 0 Å². The molecular weight excluding hydrogens is 301 g/mol. The molecule has 0 spiro atoms. The van der Waals surface area contributed by atoms with Crippen molar-refractivity contribution in [3.63, 3.8) is 0 Å². The minimum absolute atomic E-state index is 0.542. The van der Waals surface area contributed by atoms with E-state index in [2.05, 4.69) is 20.9 Å². The maximum Gasteiger partial charge on any atom is 0.144 e. The van der Waals surface area contributed by atoms with E-state index in [1.165, 1.54) is 0 Å². The Kier molecular flexibility index (Phi) is 3.05. The highest BCUT2D eigenvalue weighted by Gasteiger charge is 2.13. The number of nitrogens with zero attached hydrogens (tertiary/aromatic N) is 1. The molecule has 2 aromatic rings. The Hall–Kier alpha value is -0.510. The highest BCUT2D eigenvalue weighted by molar-refractivity contribution is 9.10. The fourth-order valence-electron chi connectivity index (χ4n) is 1.40. The van der Waals surface area contributed by atoms with E-state index < -0.39 is 0 Å². The van der Waals surface area contributed by atoms with Gasteiger partial charge in [-0.05, 0) is 28.1 Å². The highest BCUT2D eigenvalue weighted by Crippen LogP contribution is 2.40. The molecule has 15 heavy (non-hydrogen) atoms. The van der Waals surface area contributed by atoms with Crippen LogP contribution in [-0.4, -0.2) is 12.1 Å². The van der Waals surface area contributed by atoms with E-state index in [1.807, 2.05) is 0 Å². The van der Waals surface area contributed by atoms with E-state index in [0.717, 1.165) is 9.86 Å². The van der Waals surface area contributed by atoms with Crippen LogP contribution in [0.3, 0.4) is 0 Å². The zero-order valence-electron chi connectivity index (χ0n) is 7.72. The van der Waals surface area contributed by atoms with Gasteiger partial charge < -0.3 is 4.74 Å². The summed E-state index contributed by atoms with van der Waals surface area (Å²) in [7, 11) is 1.58. The second-order valence-corrected chi connectivity index (χ2v) is 4.56. The Bertz CT molecular complexity index is 530. The van der Waals surface area contributed by atoms with Crippen LogP contribution in [0.2, 0.25) is 10.0 Å². The summed E-state index contributed by atoms with van der Waals surface area (Å²) in [6.45, 7) is 0. The molecule has 0 aliphatic heterocycles. The van der Waals surface area contributed by atoms with Crippen LogP contribution in [-0.2, 0) is 0 Å². The molecule has 0 N–H and O–H groups in total. The van der Waals surface area contributed by atoms with Gasteiger partial charge in [0.1, 0.15) is 5.75 Å². The van der Waals surface area contributed by atoms with Crippen molar-refractivity contribution in [3.05, 3.63) is 32.8 Å². The first-order chi connectivity index (χ1) is 7.15. The van der Waals surface area contributed by atoms with E-state index in [1.54, 1.807) is 25.4 Å². The van der Waals surface area contributed by atoms with Crippen LogP contribution in [0.25, 0.3) is 10.9 Å². The number of halogens is 3. The van der Waals surface area contributed by atoms with Gasteiger partial charge in [-0.3, -0.25) is 4.98 Å². The summed E-state index contributed by atoms with van der Waals surface area (Å²) in [5, 5.41) is 1.83. The summed E-state index contributed by atoms with van der Waals surface area (Å²) >= 11 is 15.5. The quantitative estimate of drug-likeness (QED) is 0.783. The van der Waals surface area contributed by atoms with Gasteiger partial charge in [-0.1, -0.05) is 23.2 Å². The third kappa shape index (κ3) is 1.80. The lowest BCUT2D eigenvalue weighted by Crippen LogP contribution is -1.90. The third-order valence-corrected chi connectivity index (χ3v) is 3.22. The normalized spacial score (nSPS) is 10.7.